The lowest BCUT2D eigenvalue weighted by molar-refractivity contribution is 0.183. The van der Waals surface area contributed by atoms with Crippen LogP contribution < -0.4 is 5.73 Å². The van der Waals surface area contributed by atoms with Crippen LogP contribution in [0.15, 0.2) is 21.6 Å². The second-order valence-electron chi connectivity index (χ2n) is 5.85. The zero-order chi connectivity index (χ0) is 17.3. The normalized spacial score (nSPS) is 17.4. The van der Waals surface area contributed by atoms with Gasteiger partial charge in [0.25, 0.3) is 0 Å². The smallest absolute Gasteiger partial charge is 0.250 e. The van der Waals surface area contributed by atoms with Crippen LogP contribution in [0.4, 0.5) is 5.82 Å². The Morgan fingerprint density at radius 1 is 1.25 bits per heavy atom. The first-order valence-corrected chi connectivity index (χ1v) is 10.2. The second-order valence-corrected chi connectivity index (χ2v) is 8.98. The summed E-state index contributed by atoms with van der Waals surface area (Å²) >= 11 is 1.82. The molecule has 132 valence electrons. The van der Waals surface area contributed by atoms with Gasteiger partial charge in [0.1, 0.15) is 0 Å². The number of nitrogens with zero attached hydrogens (tertiary/aromatic N) is 3. The van der Waals surface area contributed by atoms with E-state index in [-0.39, 0.29) is 16.5 Å². The summed E-state index contributed by atoms with van der Waals surface area (Å²) in [5.74, 6) is 0.168. The molecule has 2 aromatic heterocycles. The third-order valence-electron chi connectivity index (χ3n) is 4.21. The van der Waals surface area contributed by atoms with Crippen LogP contribution in [0.5, 0.6) is 0 Å². The minimum absolute atomic E-state index is 0.00166. The topological polar surface area (TPSA) is 92.7 Å². The number of piperazine rings is 1. The van der Waals surface area contributed by atoms with Crippen LogP contribution in [-0.4, -0.2) is 49.0 Å². The molecule has 2 N–H and O–H groups in total. The summed E-state index contributed by atoms with van der Waals surface area (Å²) < 4.78 is 31.8. The molecule has 0 spiro atoms. The summed E-state index contributed by atoms with van der Waals surface area (Å²) in [4.78, 5) is 4.98. The highest BCUT2D eigenvalue weighted by Crippen LogP contribution is 2.26. The van der Waals surface area contributed by atoms with E-state index in [0.29, 0.717) is 26.2 Å². The summed E-state index contributed by atoms with van der Waals surface area (Å²) in [5, 5.41) is 3.55. The fourth-order valence-electron chi connectivity index (χ4n) is 2.87. The molecule has 1 saturated heterocycles. The molecule has 0 bridgehead atoms. The molecule has 1 fully saturated rings. The first kappa shape index (κ1) is 17.4. The molecule has 3 rings (SSSR count). The summed E-state index contributed by atoms with van der Waals surface area (Å²) in [6.07, 6.45) is 1.05. The van der Waals surface area contributed by atoms with Crippen LogP contribution in [0.25, 0.3) is 0 Å². The maximum atomic E-state index is 12.7. The van der Waals surface area contributed by atoms with Gasteiger partial charge in [0, 0.05) is 42.5 Å². The van der Waals surface area contributed by atoms with Crippen LogP contribution in [0.2, 0.25) is 0 Å². The zero-order valence-corrected chi connectivity index (χ0v) is 15.5. The first-order chi connectivity index (χ1) is 11.4. The summed E-state index contributed by atoms with van der Waals surface area (Å²) in [6, 6.07) is 4.33. The van der Waals surface area contributed by atoms with Gasteiger partial charge in [0.15, 0.2) is 16.5 Å². The average Bonchev–Trinajstić information content (AvgIpc) is 3.14. The molecule has 0 aliphatic carbocycles. The van der Waals surface area contributed by atoms with Crippen molar-refractivity contribution in [2.24, 2.45) is 0 Å². The van der Waals surface area contributed by atoms with E-state index < -0.39 is 10.0 Å². The summed E-state index contributed by atoms with van der Waals surface area (Å²) in [5.41, 5.74) is 5.66. The minimum atomic E-state index is -3.65. The molecular weight excluding hydrogens is 348 g/mol. The maximum Gasteiger partial charge on any atom is 0.250 e. The SMILES string of the molecule is CCc1ccc(CN2CCN(S(=O)(=O)c3c(N)noc3C)CC2)s1. The number of nitrogen functional groups attached to an aromatic ring is 1. The minimum Gasteiger partial charge on any atom is -0.380 e. The van der Waals surface area contributed by atoms with Gasteiger partial charge in [-0.25, -0.2) is 8.42 Å². The molecule has 0 amide bonds. The second kappa shape index (κ2) is 6.83. The predicted octanol–water partition coefficient (Wildman–Crippen LogP) is 1.70. The van der Waals surface area contributed by atoms with E-state index in [1.165, 1.54) is 14.1 Å². The lowest BCUT2D eigenvalue weighted by Gasteiger charge is -2.33. The number of hydrogen-bond donors (Lipinski definition) is 1. The van der Waals surface area contributed by atoms with Gasteiger partial charge in [0.05, 0.1) is 0 Å². The average molecular weight is 371 g/mol. The standard InChI is InChI=1S/C15H22N4O3S2/c1-3-12-4-5-13(23-12)10-18-6-8-19(9-7-18)24(20,21)14-11(2)22-17-15(14)16/h4-5H,3,6-10H2,1-2H3,(H2,16,17). The van der Waals surface area contributed by atoms with Gasteiger partial charge in [0.2, 0.25) is 10.0 Å². The molecule has 24 heavy (non-hydrogen) atoms. The Labute approximate surface area is 146 Å². The van der Waals surface area contributed by atoms with Crippen LogP contribution in [0.1, 0.15) is 22.4 Å². The van der Waals surface area contributed by atoms with Gasteiger partial charge >= 0.3 is 0 Å². The van der Waals surface area contributed by atoms with Gasteiger partial charge in [-0.2, -0.15) is 4.31 Å². The first-order valence-electron chi connectivity index (χ1n) is 7.93. The highest BCUT2D eigenvalue weighted by atomic mass is 32.2. The van der Waals surface area contributed by atoms with E-state index in [4.69, 9.17) is 10.3 Å². The molecule has 1 aliphatic heterocycles. The summed E-state index contributed by atoms with van der Waals surface area (Å²) in [6.45, 7) is 6.86. The number of rotatable bonds is 5. The van der Waals surface area contributed by atoms with Crippen LogP contribution in [0, 0.1) is 6.92 Å². The van der Waals surface area contributed by atoms with Crippen molar-refractivity contribution in [1.29, 1.82) is 0 Å². The van der Waals surface area contributed by atoms with E-state index in [2.05, 4.69) is 29.1 Å². The van der Waals surface area contributed by atoms with Crippen molar-refractivity contribution in [2.45, 2.75) is 31.7 Å². The van der Waals surface area contributed by atoms with Gasteiger partial charge in [-0.15, -0.1) is 11.3 Å². The van der Waals surface area contributed by atoms with E-state index in [9.17, 15) is 8.42 Å². The van der Waals surface area contributed by atoms with E-state index in [1.807, 2.05) is 11.3 Å². The Morgan fingerprint density at radius 2 is 1.92 bits per heavy atom. The highest BCUT2D eigenvalue weighted by Gasteiger charge is 2.33. The molecular formula is C15H22N4O3S2. The van der Waals surface area contributed by atoms with E-state index in [0.717, 1.165) is 13.0 Å². The van der Waals surface area contributed by atoms with Crippen molar-refractivity contribution in [3.63, 3.8) is 0 Å². The monoisotopic (exact) mass is 370 g/mol. The fraction of sp³-hybridized carbons (Fsp3) is 0.533. The van der Waals surface area contributed by atoms with Crippen molar-refractivity contribution in [3.05, 3.63) is 27.6 Å². The van der Waals surface area contributed by atoms with E-state index in [1.54, 1.807) is 6.92 Å². The van der Waals surface area contributed by atoms with Crippen molar-refractivity contribution < 1.29 is 12.9 Å². The van der Waals surface area contributed by atoms with Gasteiger partial charge in [-0.05, 0) is 25.5 Å². The lowest BCUT2D eigenvalue weighted by atomic mass is 10.3. The summed E-state index contributed by atoms with van der Waals surface area (Å²) in [7, 11) is -3.65. The van der Waals surface area contributed by atoms with Gasteiger partial charge in [-0.1, -0.05) is 12.1 Å². The Bertz CT molecular complexity index is 785. The molecule has 0 saturated carbocycles. The van der Waals surface area contributed by atoms with Crippen molar-refractivity contribution in [2.75, 3.05) is 31.9 Å². The van der Waals surface area contributed by atoms with Crippen molar-refractivity contribution >= 4 is 27.2 Å². The van der Waals surface area contributed by atoms with Crippen LogP contribution in [-0.2, 0) is 23.0 Å². The number of anilines is 1. The van der Waals surface area contributed by atoms with Crippen molar-refractivity contribution in [1.82, 2.24) is 14.4 Å². The highest BCUT2D eigenvalue weighted by molar-refractivity contribution is 7.89. The molecule has 0 unspecified atom stereocenters. The molecule has 0 radical (unpaired) electrons. The number of hydrogen-bond acceptors (Lipinski definition) is 7. The Balaban J connectivity index is 1.64. The third kappa shape index (κ3) is 3.34. The molecule has 0 atom stereocenters. The molecule has 3 heterocycles. The van der Waals surface area contributed by atoms with Crippen LogP contribution in [0.3, 0.4) is 0 Å². The molecule has 0 aromatic carbocycles. The van der Waals surface area contributed by atoms with Crippen molar-refractivity contribution in [3.8, 4) is 0 Å². The van der Waals surface area contributed by atoms with Crippen LogP contribution >= 0.6 is 11.3 Å². The number of sulfonamides is 1. The van der Waals surface area contributed by atoms with Gasteiger partial charge < -0.3 is 10.3 Å². The largest absolute Gasteiger partial charge is 0.380 e. The maximum absolute atomic E-state index is 12.7. The zero-order valence-electron chi connectivity index (χ0n) is 13.9. The Morgan fingerprint density at radius 3 is 2.46 bits per heavy atom. The number of aromatic nitrogens is 1. The molecule has 9 heteroatoms. The van der Waals surface area contributed by atoms with E-state index >= 15 is 0 Å². The fourth-order valence-corrected chi connectivity index (χ4v) is 5.47. The Hall–Kier alpha value is -1.42. The number of aryl methyl sites for hydroxylation is 2. The van der Waals surface area contributed by atoms with Gasteiger partial charge in [-0.3, -0.25) is 4.90 Å². The molecule has 7 nitrogen and oxygen atoms in total. The number of thiophene rings is 1. The molecule has 2 aromatic rings. The lowest BCUT2D eigenvalue weighted by Crippen LogP contribution is -2.48. The predicted molar refractivity (Wildman–Crippen MR) is 93.4 cm³/mol. The third-order valence-corrected chi connectivity index (χ3v) is 7.48. The molecule has 1 aliphatic rings. The quantitative estimate of drug-likeness (QED) is 0.861. The number of nitrogens with two attached hydrogens (primary N) is 1. The Kier molecular flexibility index (Phi) is 4.95.